The highest BCUT2D eigenvalue weighted by atomic mass is 14.6. The van der Waals surface area contributed by atoms with E-state index < -0.39 is 0 Å². The summed E-state index contributed by atoms with van der Waals surface area (Å²) < 4.78 is 0. The number of benzene rings is 1. The van der Waals surface area contributed by atoms with Gasteiger partial charge in [0.2, 0.25) is 0 Å². The van der Waals surface area contributed by atoms with Gasteiger partial charge in [0, 0.05) is 0 Å². The summed E-state index contributed by atoms with van der Waals surface area (Å²) in [4.78, 5) is 0. The largest absolute Gasteiger partial charge is 0.0914 e. The standard InChI is InChI=1S/C25H36/c1-3-4-19-11-15-23-24(16-12-19)25(23)22-13-9-21(10-14-22)17-20-7-5-18(2)6-8-20/h3-8,19,21-25H,9-17H2,1-2H3/b4-3+. The van der Waals surface area contributed by atoms with Gasteiger partial charge >= 0.3 is 0 Å². The average Bonchev–Trinajstić information content (AvgIpc) is 3.35. The Kier molecular flexibility index (Phi) is 5.34. The fourth-order valence-electron chi connectivity index (χ4n) is 6.24. The molecule has 136 valence electrons. The molecular formula is C25H36. The van der Waals surface area contributed by atoms with Gasteiger partial charge in [0.1, 0.15) is 0 Å². The maximum Gasteiger partial charge on any atom is -0.0233 e. The van der Waals surface area contributed by atoms with E-state index in [1.807, 2.05) is 0 Å². The summed E-state index contributed by atoms with van der Waals surface area (Å²) in [7, 11) is 0. The fourth-order valence-corrected chi connectivity index (χ4v) is 6.24. The van der Waals surface area contributed by atoms with Crippen molar-refractivity contribution < 1.29 is 0 Å². The molecule has 0 radical (unpaired) electrons. The molecule has 3 aliphatic carbocycles. The second kappa shape index (κ2) is 7.68. The second-order valence-corrected chi connectivity index (χ2v) is 9.32. The molecular weight excluding hydrogens is 300 g/mol. The molecule has 4 rings (SSSR count). The van der Waals surface area contributed by atoms with Crippen LogP contribution in [0, 0.1) is 42.4 Å². The van der Waals surface area contributed by atoms with Crippen LogP contribution in [0.25, 0.3) is 0 Å². The van der Waals surface area contributed by atoms with E-state index in [0.29, 0.717) is 0 Å². The zero-order chi connectivity index (χ0) is 17.2. The van der Waals surface area contributed by atoms with E-state index >= 15 is 0 Å². The summed E-state index contributed by atoms with van der Waals surface area (Å²) in [6.45, 7) is 4.37. The Labute approximate surface area is 155 Å². The van der Waals surface area contributed by atoms with Crippen LogP contribution in [0.1, 0.15) is 69.4 Å². The first-order valence-electron chi connectivity index (χ1n) is 10.9. The highest BCUT2D eigenvalue weighted by Gasteiger charge is 2.53. The van der Waals surface area contributed by atoms with Gasteiger partial charge in [-0.2, -0.15) is 0 Å². The quantitative estimate of drug-likeness (QED) is 0.521. The van der Waals surface area contributed by atoms with Crippen molar-refractivity contribution in [2.75, 3.05) is 0 Å². The van der Waals surface area contributed by atoms with E-state index in [1.54, 1.807) is 5.56 Å². The molecule has 0 heterocycles. The van der Waals surface area contributed by atoms with Crippen LogP contribution >= 0.6 is 0 Å². The Bertz CT molecular complexity index is 559. The maximum absolute atomic E-state index is 2.47. The third kappa shape index (κ3) is 4.04. The summed E-state index contributed by atoms with van der Waals surface area (Å²) in [6.07, 6.45) is 18.0. The Balaban J connectivity index is 1.24. The van der Waals surface area contributed by atoms with Gasteiger partial charge in [-0.1, -0.05) is 42.0 Å². The second-order valence-electron chi connectivity index (χ2n) is 9.32. The minimum atomic E-state index is 0.892. The van der Waals surface area contributed by atoms with Crippen molar-refractivity contribution in [1.82, 2.24) is 0 Å². The van der Waals surface area contributed by atoms with Crippen molar-refractivity contribution in [2.24, 2.45) is 35.5 Å². The van der Waals surface area contributed by atoms with Gasteiger partial charge in [0.25, 0.3) is 0 Å². The van der Waals surface area contributed by atoms with Gasteiger partial charge in [-0.05, 0) is 113 Å². The average molecular weight is 337 g/mol. The first-order chi connectivity index (χ1) is 12.2. The Morgan fingerprint density at radius 2 is 1.48 bits per heavy atom. The zero-order valence-electron chi connectivity index (χ0n) is 16.3. The lowest BCUT2D eigenvalue weighted by molar-refractivity contribution is 0.233. The SMILES string of the molecule is C/C=C/C1CCC2C(CC1)C2C1CCC(Cc2ccc(C)cc2)CC1. The molecule has 0 amide bonds. The third-order valence-electron chi connectivity index (χ3n) is 7.68. The molecule has 2 atom stereocenters. The number of hydrogen-bond donors (Lipinski definition) is 0. The first-order valence-corrected chi connectivity index (χ1v) is 10.9. The van der Waals surface area contributed by atoms with Gasteiger partial charge in [0.05, 0.1) is 0 Å². The Hall–Kier alpha value is -1.04. The molecule has 0 aliphatic heterocycles. The Morgan fingerprint density at radius 1 is 0.840 bits per heavy atom. The van der Waals surface area contributed by atoms with E-state index in [2.05, 4.69) is 50.3 Å². The van der Waals surface area contributed by atoms with Gasteiger partial charge in [-0.25, -0.2) is 0 Å². The van der Waals surface area contributed by atoms with E-state index in [-0.39, 0.29) is 0 Å². The molecule has 0 N–H and O–H groups in total. The number of rotatable bonds is 4. The molecule has 0 saturated heterocycles. The van der Waals surface area contributed by atoms with Crippen LogP contribution in [0.4, 0.5) is 0 Å². The molecule has 25 heavy (non-hydrogen) atoms. The molecule has 3 aliphatic rings. The predicted molar refractivity (Wildman–Crippen MR) is 108 cm³/mol. The summed E-state index contributed by atoms with van der Waals surface area (Å²) >= 11 is 0. The monoisotopic (exact) mass is 336 g/mol. The third-order valence-corrected chi connectivity index (χ3v) is 7.68. The topological polar surface area (TPSA) is 0 Å². The molecule has 0 heteroatoms. The Morgan fingerprint density at radius 3 is 2.08 bits per heavy atom. The molecule has 0 spiro atoms. The maximum atomic E-state index is 2.47. The number of fused-ring (bicyclic) bond motifs is 1. The van der Waals surface area contributed by atoms with E-state index in [4.69, 9.17) is 0 Å². The molecule has 0 aromatic heterocycles. The highest BCUT2D eigenvalue weighted by molar-refractivity contribution is 5.21. The van der Waals surface area contributed by atoms with Crippen LogP contribution in [0.2, 0.25) is 0 Å². The molecule has 0 bridgehead atoms. The first kappa shape index (κ1) is 17.4. The van der Waals surface area contributed by atoms with Crippen LogP contribution in [0.5, 0.6) is 0 Å². The van der Waals surface area contributed by atoms with Gasteiger partial charge < -0.3 is 0 Å². The summed E-state index contributed by atoms with van der Waals surface area (Å²) in [5, 5.41) is 0. The lowest BCUT2D eigenvalue weighted by Crippen LogP contribution is -2.19. The van der Waals surface area contributed by atoms with Crippen molar-refractivity contribution >= 4 is 0 Å². The molecule has 2 unspecified atom stereocenters. The van der Waals surface area contributed by atoms with Crippen LogP contribution in [0.15, 0.2) is 36.4 Å². The molecule has 1 aromatic carbocycles. The smallest absolute Gasteiger partial charge is 0.0233 e. The fraction of sp³-hybridized carbons (Fsp3) is 0.680. The minimum absolute atomic E-state index is 0.892. The van der Waals surface area contributed by atoms with Crippen molar-refractivity contribution in [3.63, 3.8) is 0 Å². The lowest BCUT2D eigenvalue weighted by atomic mass is 9.76. The number of hydrogen-bond acceptors (Lipinski definition) is 0. The summed E-state index contributed by atoms with van der Waals surface area (Å²) in [6, 6.07) is 9.25. The van der Waals surface area contributed by atoms with Crippen LogP contribution in [0.3, 0.4) is 0 Å². The summed E-state index contributed by atoms with van der Waals surface area (Å²) in [5.74, 6) is 6.24. The number of aryl methyl sites for hydroxylation is 1. The van der Waals surface area contributed by atoms with E-state index in [9.17, 15) is 0 Å². The van der Waals surface area contributed by atoms with Crippen LogP contribution in [-0.2, 0) is 6.42 Å². The minimum Gasteiger partial charge on any atom is -0.0914 e. The van der Waals surface area contributed by atoms with Gasteiger partial charge in [-0.3, -0.25) is 0 Å². The predicted octanol–water partition coefficient (Wildman–Crippen LogP) is 6.97. The molecule has 3 saturated carbocycles. The summed E-state index contributed by atoms with van der Waals surface area (Å²) in [5.41, 5.74) is 2.94. The normalized spacial score (nSPS) is 38.3. The molecule has 1 aromatic rings. The van der Waals surface area contributed by atoms with E-state index in [0.717, 1.165) is 35.5 Å². The van der Waals surface area contributed by atoms with Crippen molar-refractivity contribution in [3.8, 4) is 0 Å². The van der Waals surface area contributed by atoms with E-state index in [1.165, 1.54) is 63.4 Å². The van der Waals surface area contributed by atoms with Gasteiger partial charge in [-0.15, -0.1) is 0 Å². The van der Waals surface area contributed by atoms with Crippen LogP contribution in [-0.4, -0.2) is 0 Å². The van der Waals surface area contributed by atoms with Crippen LogP contribution < -0.4 is 0 Å². The van der Waals surface area contributed by atoms with Gasteiger partial charge in [0.15, 0.2) is 0 Å². The molecule has 3 fully saturated rings. The molecule has 0 nitrogen and oxygen atoms in total. The number of allylic oxidation sites excluding steroid dienone is 2. The zero-order valence-corrected chi connectivity index (χ0v) is 16.3. The lowest BCUT2D eigenvalue weighted by Gasteiger charge is -2.29. The highest BCUT2D eigenvalue weighted by Crippen LogP contribution is 2.61. The van der Waals surface area contributed by atoms with Crippen molar-refractivity contribution in [1.29, 1.82) is 0 Å². The van der Waals surface area contributed by atoms with Crippen molar-refractivity contribution in [3.05, 3.63) is 47.5 Å². The van der Waals surface area contributed by atoms with Crippen molar-refractivity contribution in [2.45, 2.75) is 71.6 Å².